The molecular weight excluding hydrogens is 415 g/mol. The number of aromatic nitrogens is 1. The Morgan fingerprint density at radius 2 is 2.22 bits per heavy atom. The highest BCUT2D eigenvalue weighted by Gasteiger charge is 2.32. The molecule has 32 heavy (non-hydrogen) atoms. The van der Waals surface area contributed by atoms with Gasteiger partial charge in [0.15, 0.2) is 6.39 Å². The average Bonchev–Trinajstić information content (AvgIpc) is 3.42. The van der Waals surface area contributed by atoms with Gasteiger partial charge in [0.2, 0.25) is 5.91 Å². The van der Waals surface area contributed by atoms with Crippen LogP contribution >= 0.6 is 0 Å². The quantitative estimate of drug-likeness (QED) is 0.655. The number of carbonyl (C=O) groups is 2. The lowest BCUT2D eigenvalue weighted by atomic mass is 9.92. The summed E-state index contributed by atoms with van der Waals surface area (Å²) in [4.78, 5) is 28.5. The number of hydrogen-bond donors (Lipinski definition) is 2. The van der Waals surface area contributed by atoms with E-state index in [1.54, 1.807) is 18.3 Å². The van der Waals surface area contributed by atoms with Gasteiger partial charge in [0.05, 0.1) is 31.5 Å². The summed E-state index contributed by atoms with van der Waals surface area (Å²) in [6.45, 7) is 3.27. The first-order valence-corrected chi connectivity index (χ1v) is 10.5. The number of rotatable bonds is 8. The topological polar surface area (TPSA) is 96.7 Å². The molecule has 2 atom stereocenters. The molecule has 1 aromatic carbocycles. The molecule has 2 N–H and O–H groups in total. The number of oxazole rings is 1. The van der Waals surface area contributed by atoms with Gasteiger partial charge in [0, 0.05) is 19.0 Å². The third kappa shape index (κ3) is 5.23. The molecule has 0 spiro atoms. The van der Waals surface area contributed by atoms with Crippen LogP contribution in [0.25, 0.3) is 5.57 Å². The summed E-state index contributed by atoms with van der Waals surface area (Å²) < 4.78 is 25.3. The summed E-state index contributed by atoms with van der Waals surface area (Å²) in [5, 5.41) is 5.95. The lowest BCUT2D eigenvalue weighted by Gasteiger charge is -2.18. The molecule has 1 fully saturated rings. The number of hydrogen-bond acceptors (Lipinski definition) is 6. The van der Waals surface area contributed by atoms with E-state index in [9.17, 15) is 14.0 Å². The number of nitrogens with zero attached hydrogens (tertiary/aromatic N) is 2. The number of halogens is 1. The number of nitrogens with one attached hydrogen (secondary N) is 2. The molecule has 2 amide bonds. The van der Waals surface area contributed by atoms with Crippen LogP contribution in [0.3, 0.4) is 0 Å². The lowest BCUT2D eigenvalue weighted by molar-refractivity contribution is -0.119. The highest BCUT2D eigenvalue weighted by Crippen LogP contribution is 2.30. The van der Waals surface area contributed by atoms with Crippen molar-refractivity contribution in [1.82, 2.24) is 15.6 Å². The molecule has 1 aliphatic heterocycles. The van der Waals surface area contributed by atoms with Crippen molar-refractivity contribution in [3.8, 4) is 0 Å². The second-order valence-electron chi connectivity index (χ2n) is 7.83. The van der Waals surface area contributed by atoms with E-state index in [1.807, 2.05) is 12.2 Å². The molecule has 4 rings (SSSR count). The Labute approximate surface area is 185 Å². The molecule has 0 saturated carbocycles. The second kappa shape index (κ2) is 9.78. The van der Waals surface area contributed by atoms with Gasteiger partial charge in [-0.05, 0) is 36.1 Å². The number of ether oxygens (including phenoxy) is 1. The molecule has 8 nitrogen and oxygen atoms in total. The number of amides is 2. The molecule has 0 radical (unpaired) electrons. The number of cyclic esters (lactones) is 1. The predicted molar refractivity (Wildman–Crippen MR) is 116 cm³/mol. The van der Waals surface area contributed by atoms with Gasteiger partial charge in [-0.25, -0.2) is 14.2 Å². The zero-order valence-corrected chi connectivity index (χ0v) is 17.7. The van der Waals surface area contributed by atoms with E-state index in [0.717, 1.165) is 24.3 Å². The molecular formula is C23H25FN4O4. The zero-order chi connectivity index (χ0) is 22.5. The first-order valence-electron chi connectivity index (χ1n) is 10.5. The Morgan fingerprint density at radius 3 is 2.91 bits per heavy atom. The normalized spacial score (nSPS) is 20.2. The maximum Gasteiger partial charge on any atom is 0.414 e. The molecule has 168 valence electrons. The van der Waals surface area contributed by atoms with Crippen molar-refractivity contribution < 1.29 is 23.1 Å². The number of allylic oxidation sites excluding steroid dienone is 3. The van der Waals surface area contributed by atoms with Crippen molar-refractivity contribution >= 4 is 23.3 Å². The Balaban J connectivity index is 1.33. The highest BCUT2D eigenvalue weighted by molar-refractivity contribution is 5.90. The second-order valence-corrected chi connectivity index (χ2v) is 7.83. The van der Waals surface area contributed by atoms with Gasteiger partial charge in [-0.15, -0.1) is 0 Å². The van der Waals surface area contributed by atoms with Crippen LogP contribution in [0.4, 0.5) is 14.9 Å². The van der Waals surface area contributed by atoms with E-state index >= 15 is 0 Å². The molecule has 1 aliphatic carbocycles. The average molecular weight is 440 g/mol. The van der Waals surface area contributed by atoms with Crippen LogP contribution < -0.4 is 15.5 Å². The maximum atomic E-state index is 14.9. The molecule has 0 bridgehead atoms. The first kappa shape index (κ1) is 21.8. The minimum atomic E-state index is -0.551. The van der Waals surface area contributed by atoms with Crippen molar-refractivity contribution in [2.45, 2.75) is 26.0 Å². The summed E-state index contributed by atoms with van der Waals surface area (Å²) in [6, 6.07) is 4.73. The van der Waals surface area contributed by atoms with Crippen molar-refractivity contribution in [1.29, 1.82) is 0 Å². The fourth-order valence-electron chi connectivity index (χ4n) is 3.73. The lowest BCUT2D eigenvalue weighted by Crippen LogP contribution is -2.33. The fourth-order valence-corrected chi connectivity index (χ4v) is 3.73. The summed E-state index contributed by atoms with van der Waals surface area (Å²) in [5.74, 6) is 0.491. The van der Waals surface area contributed by atoms with Crippen molar-refractivity contribution in [3.05, 3.63) is 66.2 Å². The van der Waals surface area contributed by atoms with Crippen LogP contribution in [-0.4, -0.2) is 42.7 Å². The number of carbonyl (C=O) groups excluding carboxylic acids is 2. The minimum Gasteiger partial charge on any atom is -0.447 e. The van der Waals surface area contributed by atoms with Crippen LogP contribution in [0, 0.1) is 11.7 Å². The van der Waals surface area contributed by atoms with Gasteiger partial charge >= 0.3 is 6.09 Å². The first-order chi connectivity index (χ1) is 15.5. The summed E-state index contributed by atoms with van der Waals surface area (Å²) in [7, 11) is 0. The van der Waals surface area contributed by atoms with Gasteiger partial charge in [-0.1, -0.05) is 18.2 Å². The zero-order valence-electron chi connectivity index (χ0n) is 17.7. The van der Waals surface area contributed by atoms with Crippen LogP contribution in [0.1, 0.15) is 24.7 Å². The maximum absolute atomic E-state index is 14.9. The fraction of sp³-hybridized carbons (Fsp3) is 0.348. The van der Waals surface area contributed by atoms with E-state index in [-0.39, 0.29) is 19.0 Å². The summed E-state index contributed by atoms with van der Waals surface area (Å²) in [5.41, 5.74) is 1.73. The molecule has 2 unspecified atom stereocenters. The van der Waals surface area contributed by atoms with Crippen molar-refractivity contribution in [3.63, 3.8) is 0 Å². The standard InChI is InChI=1S/C23H25FN4O4/c1-15(29)27-12-20-13-28(23(30)32-20)18-6-7-21(22(24)8-18)17-4-2-16(3-5-17)9-25-10-19-11-26-14-31-19/h2,4-8,11,14,16,20,25H,3,9-10,12-13H2,1H3,(H,27,29). The van der Waals surface area contributed by atoms with Gasteiger partial charge in [0.1, 0.15) is 17.7 Å². The predicted octanol–water partition coefficient (Wildman–Crippen LogP) is 3.02. The van der Waals surface area contributed by atoms with Crippen LogP contribution in [0.15, 0.2) is 53.4 Å². The Kier molecular flexibility index (Phi) is 6.65. The largest absolute Gasteiger partial charge is 0.447 e. The molecule has 2 aliphatic rings. The Morgan fingerprint density at radius 1 is 1.34 bits per heavy atom. The summed E-state index contributed by atoms with van der Waals surface area (Å²) in [6.07, 6.45) is 8.88. The molecule has 2 heterocycles. The van der Waals surface area contributed by atoms with Gasteiger partial charge in [-0.3, -0.25) is 9.69 Å². The third-order valence-corrected chi connectivity index (χ3v) is 5.41. The van der Waals surface area contributed by atoms with Crippen LogP contribution in [0.2, 0.25) is 0 Å². The smallest absolute Gasteiger partial charge is 0.414 e. The molecule has 1 aromatic heterocycles. The SMILES string of the molecule is CC(=O)NCC1CN(c2ccc(C3=CCC(CNCc4cnco4)C=C3)c(F)c2)C(=O)O1. The van der Waals surface area contributed by atoms with Gasteiger partial charge in [0.25, 0.3) is 0 Å². The molecule has 9 heteroatoms. The van der Waals surface area contributed by atoms with Crippen molar-refractivity contribution in [2.75, 3.05) is 24.5 Å². The Bertz CT molecular complexity index is 1030. The number of anilines is 1. The van der Waals surface area contributed by atoms with Crippen molar-refractivity contribution in [2.24, 2.45) is 5.92 Å². The monoisotopic (exact) mass is 440 g/mol. The third-order valence-electron chi connectivity index (χ3n) is 5.41. The van der Waals surface area contributed by atoms with Crippen LogP contribution in [-0.2, 0) is 16.1 Å². The molecule has 2 aromatic rings. The van der Waals surface area contributed by atoms with Crippen LogP contribution in [0.5, 0.6) is 0 Å². The van der Waals surface area contributed by atoms with Gasteiger partial charge < -0.3 is 19.8 Å². The van der Waals surface area contributed by atoms with E-state index in [2.05, 4.69) is 21.7 Å². The Hall–Kier alpha value is -3.46. The van der Waals surface area contributed by atoms with E-state index in [4.69, 9.17) is 9.15 Å². The highest BCUT2D eigenvalue weighted by atomic mass is 19.1. The van der Waals surface area contributed by atoms with E-state index in [0.29, 0.717) is 23.7 Å². The minimum absolute atomic E-state index is 0.198. The molecule has 1 saturated heterocycles. The van der Waals surface area contributed by atoms with Gasteiger partial charge in [-0.2, -0.15) is 0 Å². The van der Waals surface area contributed by atoms with E-state index < -0.39 is 18.0 Å². The summed E-state index contributed by atoms with van der Waals surface area (Å²) >= 11 is 0. The number of benzene rings is 1. The van der Waals surface area contributed by atoms with E-state index in [1.165, 1.54) is 24.3 Å².